The van der Waals surface area contributed by atoms with Crippen molar-refractivity contribution >= 4 is 11.7 Å². The molecule has 2 N–H and O–H groups in total. The maximum absolute atomic E-state index is 12.8. The fraction of sp³-hybridized carbons (Fsp3) is 0.450. The summed E-state index contributed by atoms with van der Waals surface area (Å²) in [4.78, 5) is 23.9. The van der Waals surface area contributed by atoms with E-state index in [1.807, 2.05) is 58.3 Å². The molecule has 144 valence electrons. The molecule has 7 nitrogen and oxygen atoms in total. The van der Waals surface area contributed by atoms with Gasteiger partial charge in [-0.15, -0.1) is 0 Å². The second-order valence-electron chi connectivity index (χ2n) is 6.84. The van der Waals surface area contributed by atoms with Crippen LogP contribution in [-0.4, -0.2) is 66.7 Å². The van der Waals surface area contributed by atoms with Crippen LogP contribution in [0, 0.1) is 6.92 Å². The van der Waals surface area contributed by atoms with Crippen LogP contribution in [0.3, 0.4) is 0 Å². The van der Waals surface area contributed by atoms with Gasteiger partial charge in [-0.2, -0.15) is 0 Å². The number of anilines is 1. The quantitative estimate of drug-likeness (QED) is 0.810. The third-order valence-corrected chi connectivity index (χ3v) is 4.64. The Hall–Kier alpha value is -2.51. The Balaban J connectivity index is 1.79. The molecule has 1 aliphatic rings. The summed E-state index contributed by atoms with van der Waals surface area (Å²) in [5.41, 5.74) is 2.27. The molecule has 1 saturated heterocycles. The van der Waals surface area contributed by atoms with Crippen molar-refractivity contribution in [2.24, 2.45) is 0 Å². The van der Waals surface area contributed by atoms with Crippen molar-refractivity contribution in [2.45, 2.75) is 26.0 Å². The Morgan fingerprint density at radius 1 is 1.30 bits per heavy atom. The fourth-order valence-corrected chi connectivity index (χ4v) is 3.36. The number of hydrogen-bond donors (Lipinski definition) is 2. The van der Waals surface area contributed by atoms with E-state index in [1.165, 1.54) is 0 Å². The molecule has 1 amide bonds. The molecule has 27 heavy (non-hydrogen) atoms. The predicted molar refractivity (Wildman–Crippen MR) is 106 cm³/mol. The fourth-order valence-electron chi connectivity index (χ4n) is 3.36. The number of hydrogen-bond acceptors (Lipinski definition) is 6. The zero-order valence-corrected chi connectivity index (χ0v) is 16.3. The minimum Gasteiger partial charge on any atom is -0.375 e. The lowest BCUT2D eigenvalue weighted by Gasteiger charge is -2.20. The Labute approximate surface area is 160 Å². The smallest absolute Gasteiger partial charge is 0.251 e. The van der Waals surface area contributed by atoms with Gasteiger partial charge in [0, 0.05) is 49.6 Å². The average molecular weight is 369 g/mol. The molecule has 0 saturated carbocycles. The lowest BCUT2D eigenvalue weighted by molar-refractivity contribution is 0.0513. The van der Waals surface area contributed by atoms with E-state index < -0.39 is 0 Å². The number of nitrogens with zero attached hydrogens (tertiary/aromatic N) is 3. The molecule has 1 fully saturated rings. The van der Waals surface area contributed by atoms with Gasteiger partial charge in [0.15, 0.2) is 5.82 Å². The van der Waals surface area contributed by atoms with E-state index in [0.717, 1.165) is 30.2 Å². The minimum atomic E-state index is -0.108. The minimum absolute atomic E-state index is 0.0165. The predicted octanol–water partition coefficient (Wildman–Crippen LogP) is 1.94. The number of likely N-dealkylation sites (N-methyl/N-ethyl adjacent to an activating group) is 1. The first-order valence-electron chi connectivity index (χ1n) is 9.25. The molecule has 1 aliphatic heterocycles. The summed E-state index contributed by atoms with van der Waals surface area (Å²) >= 11 is 0. The molecule has 2 atom stereocenters. The van der Waals surface area contributed by atoms with E-state index in [2.05, 4.69) is 25.5 Å². The second-order valence-corrected chi connectivity index (χ2v) is 6.84. The lowest BCUT2D eigenvalue weighted by atomic mass is 10.1. The van der Waals surface area contributed by atoms with Crippen LogP contribution in [0.4, 0.5) is 5.82 Å². The number of aryl methyl sites for hydroxylation is 1. The first-order valence-corrected chi connectivity index (χ1v) is 9.25. The van der Waals surface area contributed by atoms with Crippen molar-refractivity contribution in [1.29, 1.82) is 0 Å². The zero-order chi connectivity index (χ0) is 19.4. The third-order valence-electron chi connectivity index (χ3n) is 4.64. The molecular formula is C20H27N5O2. The number of carbonyl (C=O) groups is 1. The topological polar surface area (TPSA) is 79.4 Å². The number of ether oxygens (including phenoxy) is 1. The third kappa shape index (κ3) is 4.61. The van der Waals surface area contributed by atoms with Gasteiger partial charge in [-0.3, -0.25) is 4.79 Å². The normalized spacial score (nSPS) is 19.9. The number of aromatic nitrogens is 2. The molecule has 0 aliphatic carbocycles. The monoisotopic (exact) mass is 369 g/mol. The van der Waals surface area contributed by atoms with Crippen molar-refractivity contribution in [3.63, 3.8) is 0 Å². The molecule has 2 aromatic rings. The van der Waals surface area contributed by atoms with E-state index in [9.17, 15) is 4.79 Å². The average Bonchev–Trinajstić information content (AvgIpc) is 3.00. The number of benzene rings is 1. The van der Waals surface area contributed by atoms with E-state index in [-0.39, 0.29) is 18.1 Å². The summed E-state index contributed by atoms with van der Waals surface area (Å²) in [6, 6.07) is 9.27. The van der Waals surface area contributed by atoms with Gasteiger partial charge in [0.25, 0.3) is 5.91 Å². The summed E-state index contributed by atoms with van der Waals surface area (Å²) in [6.07, 6.45) is 0.0189. The summed E-state index contributed by atoms with van der Waals surface area (Å²) in [7, 11) is 3.86. The second kappa shape index (κ2) is 8.45. The van der Waals surface area contributed by atoms with Crippen molar-refractivity contribution in [3.05, 3.63) is 41.6 Å². The molecule has 3 rings (SSSR count). The van der Waals surface area contributed by atoms with Crippen molar-refractivity contribution in [3.8, 4) is 11.4 Å². The van der Waals surface area contributed by atoms with E-state index in [1.54, 1.807) is 0 Å². The maximum Gasteiger partial charge on any atom is 0.251 e. The molecule has 0 radical (unpaired) electrons. The number of carbonyl (C=O) groups excluding carboxylic acids is 1. The number of rotatable bonds is 6. The molecule has 0 bridgehead atoms. The standard InChI is InChI=1S/C20H27N5O2/c1-5-27-17-12-25(4)11-16(17)23-20(26)15-8-6-7-14(10-15)19-22-13(2)9-18(21-3)24-19/h6-10,16-17H,5,11-12H2,1-4H3,(H,23,26)(H,21,22,24)/t16-,17-/m0/s1. The highest BCUT2D eigenvalue weighted by Crippen LogP contribution is 2.20. The highest BCUT2D eigenvalue weighted by atomic mass is 16.5. The molecule has 1 aromatic carbocycles. The van der Waals surface area contributed by atoms with Crippen LogP contribution in [-0.2, 0) is 4.74 Å². The SMILES string of the molecule is CCO[C@H]1CN(C)C[C@@H]1NC(=O)c1cccc(-c2nc(C)cc(NC)n2)c1. The van der Waals surface area contributed by atoms with Crippen molar-refractivity contribution in [2.75, 3.05) is 39.1 Å². The van der Waals surface area contributed by atoms with Crippen LogP contribution in [0.25, 0.3) is 11.4 Å². The summed E-state index contributed by atoms with van der Waals surface area (Å²) in [5, 5.41) is 6.15. The molecule has 2 heterocycles. The lowest BCUT2D eigenvalue weighted by Crippen LogP contribution is -2.44. The van der Waals surface area contributed by atoms with Crippen molar-refractivity contribution < 1.29 is 9.53 Å². The number of nitrogens with one attached hydrogen (secondary N) is 2. The molecule has 7 heteroatoms. The molecule has 0 unspecified atom stereocenters. The Morgan fingerprint density at radius 3 is 2.85 bits per heavy atom. The Bertz CT molecular complexity index is 811. The van der Waals surface area contributed by atoms with E-state index in [4.69, 9.17) is 4.74 Å². The summed E-state index contributed by atoms with van der Waals surface area (Å²) in [5.74, 6) is 1.24. The largest absolute Gasteiger partial charge is 0.375 e. The van der Waals surface area contributed by atoms with Gasteiger partial charge in [0.1, 0.15) is 5.82 Å². The van der Waals surface area contributed by atoms with E-state index >= 15 is 0 Å². The van der Waals surface area contributed by atoms with Gasteiger partial charge in [-0.1, -0.05) is 12.1 Å². The Kier molecular flexibility index (Phi) is 6.03. The van der Waals surface area contributed by atoms with Gasteiger partial charge in [-0.25, -0.2) is 9.97 Å². The van der Waals surface area contributed by atoms with E-state index in [0.29, 0.717) is 18.0 Å². The number of amides is 1. The van der Waals surface area contributed by atoms with Crippen molar-refractivity contribution in [1.82, 2.24) is 20.2 Å². The van der Waals surface area contributed by atoms with Gasteiger partial charge >= 0.3 is 0 Å². The van der Waals surface area contributed by atoms with Crippen LogP contribution in [0.5, 0.6) is 0 Å². The first-order chi connectivity index (χ1) is 13.0. The summed E-state index contributed by atoms with van der Waals surface area (Å²) in [6.45, 7) is 6.14. The van der Waals surface area contributed by atoms with Crippen LogP contribution in [0.1, 0.15) is 23.0 Å². The molecule has 0 spiro atoms. The highest BCUT2D eigenvalue weighted by Gasteiger charge is 2.32. The first kappa shape index (κ1) is 19.3. The van der Waals surface area contributed by atoms with Gasteiger partial charge < -0.3 is 20.3 Å². The highest BCUT2D eigenvalue weighted by molar-refractivity contribution is 5.95. The van der Waals surface area contributed by atoms with Gasteiger partial charge in [-0.05, 0) is 33.0 Å². The molecular weight excluding hydrogens is 342 g/mol. The molecule has 1 aromatic heterocycles. The number of likely N-dealkylation sites (tertiary alicyclic amines) is 1. The summed E-state index contributed by atoms with van der Waals surface area (Å²) < 4.78 is 5.77. The maximum atomic E-state index is 12.8. The van der Waals surface area contributed by atoms with Crippen LogP contribution >= 0.6 is 0 Å². The van der Waals surface area contributed by atoms with Gasteiger partial charge in [0.2, 0.25) is 0 Å². The van der Waals surface area contributed by atoms with Gasteiger partial charge in [0.05, 0.1) is 12.1 Å². The van der Waals surface area contributed by atoms with Crippen LogP contribution < -0.4 is 10.6 Å². The van der Waals surface area contributed by atoms with Crippen LogP contribution in [0.15, 0.2) is 30.3 Å². The Morgan fingerprint density at radius 2 is 2.11 bits per heavy atom. The zero-order valence-electron chi connectivity index (χ0n) is 16.3. The van der Waals surface area contributed by atoms with Crippen LogP contribution in [0.2, 0.25) is 0 Å².